The third-order valence-electron chi connectivity index (χ3n) is 3.29. The van der Waals surface area contributed by atoms with E-state index in [9.17, 15) is 4.79 Å². The Morgan fingerprint density at radius 1 is 1.35 bits per heavy atom. The summed E-state index contributed by atoms with van der Waals surface area (Å²) in [4.78, 5) is 14.2. The van der Waals surface area contributed by atoms with E-state index < -0.39 is 0 Å². The Hall–Kier alpha value is -1.55. The van der Waals surface area contributed by atoms with Gasteiger partial charge in [0.1, 0.15) is 0 Å². The van der Waals surface area contributed by atoms with Gasteiger partial charge in [0.25, 0.3) is 5.91 Å². The van der Waals surface area contributed by atoms with Crippen LogP contribution in [0.1, 0.15) is 42.6 Å². The summed E-state index contributed by atoms with van der Waals surface area (Å²) in [5, 5.41) is 12.2. The number of nitrogens with one attached hydrogen (secondary N) is 1. The number of rotatable bonds is 8. The lowest BCUT2D eigenvalue weighted by molar-refractivity contribution is 0.0754. The van der Waals surface area contributed by atoms with Gasteiger partial charge in [-0.15, -0.1) is 0 Å². The first-order valence-electron chi connectivity index (χ1n) is 7.38. The summed E-state index contributed by atoms with van der Waals surface area (Å²) in [5.74, 6) is 0.0334. The predicted octanol–water partition coefficient (Wildman–Crippen LogP) is 2.66. The number of amides is 1. The molecule has 0 aromatic heterocycles. The molecule has 0 fully saturated rings. The van der Waals surface area contributed by atoms with Gasteiger partial charge in [0.2, 0.25) is 0 Å². The van der Waals surface area contributed by atoms with Crippen molar-refractivity contribution in [3.63, 3.8) is 0 Å². The quantitative estimate of drug-likeness (QED) is 0.768. The summed E-state index contributed by atoms with van der Waals surface area (Å²) < 4.78 is 0. The zero-order valence-corrected chi connectivity index (χ0v) is 12.8. The molecule has 0 saturated heterocycles. The van der Waals surface area contributed by atoms with Gasteiger partial charge in [-0.2, -0.15) is 0 Å². The molecule has 1 amide bonds. The molecule has 0 aliphatic heterocycles. The fourth-order valence-corrected chi connectivity index (χ4v) is 2.10. The highest BCUT2D eigenvalue weighted by atomic mass is 16.3. The van der Waals surface area contributed by atoms with Crippen LogP contribution in [0.3, 0.4) is 0 Å². The molecular formula is C16H26N2O2. The minimum atomic E-state index is 0.0334. The van der Waals surface area contributed by atoms with Crippen LogP contribution in [0.5, 0.6) is 0 Å². The molecule has 0 radical (unpaired) electrons. The Morgan fingerprint density at radius 2 is 2.10 bits per heavy atom. The van der Waals surface area contributed by atoms with Crippen molar-refractivity contribution >= 4 is 11.6 Å². The van der Waals surface area contributed by atoms with E-state index in [4.69, 9.17) is 5.11 Å². The Kier molecular flexibility index (Phi) is 7.09. The standard InChI is InChI=1S/C16H26N2O2/c1-4-9-17-15-8-7-14(12-13(15)3)16(20)18(5-2)10-6-11-19/h7-8,12,17,19H,4-6,9-11H2,1-3H3. The van der Waals surface area contributed by atoms with Gasteiger partial charge in [-0.25, -0.2) is 0 Å². The number of benzene rings is 1. The lowest BCUT2D eigenvalue weighted by atomic mass is 10.1. The third kappa shape index (κ3) is 4.53. The highest BCUT2D eigenvalue weighted by molar-refractivity contribution is 5.94. The maximum atomic E-state index is 12.4. The molecule has 1 aromatic carbocycles. The van der Waals surface area contributed by atoms with Crippen LogP contribution in [-0.4, -0.2) is 42.2 Å². The van der Waals surface area contributed by atoms with Crippen LogP contribution in [0, 0.1) is 6.92 Å². The topological polar surface area (TPSA) is 52.6 Å². The number of anilines is 1. The molecule has 0 heterocycles. The van der Waals surface area contributed by atoms with Crippen LogP contribution >= 0.6 is 0 Å². The maximum absolute atomic E-state index is 12.4. The summed E-state index contributed by atoms with van der Waals surface area (Å²) in [5.41, 5.74) is 2.88. The van der Waals surface area contributed by atoms with Gasteiger partial charge < -0.3 is 15.3 Å². The summed E-state index contributed by atoms with van der Waals surface area (Å²) in [6.45, 7) is 8.40. The van der Waals surface area contributed by atoms with Crippen LogP contribution in [0.4, 0.5) is 5.69 Å². The van der Waals surface area contributed by atoms with Crippen molar-refractivity contribution in [1.82, 2.24) is 4.90 Å². The summed E-state index contributed by atoms with van der Waals surface area (Å²) in [6, 6.07) is 5.77. The van der Waals surface area contributed by atoms with E-state index >= 15 is 0 Å². The first-order valence-corrected chi connectivity index (χ1v) is 7.38. The fourth-order valence-electron chi connectivity index (χ4n) is 2.10. The van der Waals surface area contributed by atoms with Gasteiger partial charge in [0.15, 0.2) is 0 Å². The number of aliphatic hydroxyl groups excluding tert-OH is 1. The molecule has 0 atom stereocenters. The van der Waals surface area contributed by atoms with E-state index in [1.54, 1.807) is 4.90 Å². The molecule has 20 heavy (non-hydrogen) atoms. The monoisotopic (exact) mass is 278 g/mol. The van der Waals surface area contributed by atoms with Crippen LogP contribution in [-0.2, 0) is 0 Å². The third-order valence-corrected chi connectivity index (χ3v) is 3.29. The lowest BCUT2D eigenvalue weighted by Crippen LogP contribution is -2.32. The van der Waals surface area contributed by atoms with Crippen LogP contribution in [0.15, 0.2) is 18.2 Å². The normalized spacial score (nSPS) is 10.4. The maximum Gasteiger partial charge on any atom is 0.253 e. The van der Waals surface area contributed by atoms with Gasteiger partial charge in [-0.3, -0.25) is 4.79 Å². The first kappa shape index (κ1) is 16.5. The van der Waals surface area contributed by atoms with Crippen molar-refractivity contribution in [3.8, 4) is 0 Å². The van der Waals surface area contributed by atoms with Gasteiger partial charge in [-0.05, 0) is 50.5 Å². The molecule has 4 heteroatoms. The van der Waals surface area contributed by atoms with E-state index in [-0.39, 0.29) is 12.5 Å². The molecule has 1 rings (SSSR count). The number of carbonyl (C=O) groups excluding carboxylic acids is 1. The van der Waals surface area contributed by atoms with Gasteiger partial charge in [-0.1, -0.05) is 6.92 Å². The molecule has 4 nitrogen and oxygen atoms in total. The number of hydrogen-bond donors (Lipinski definition) is 2. The molecule has 0 bridgehead atoms. The molecule has 2 N–H and O–H groups in total. The zero-order valence-electron chi connectivity index (χ0n) is 12.8. The summed E-state index contributed by atoms with van der Waals surface area (Å²) in [6.07, 6.45) is 1.69. The zero-order chi connectivity index (χ0) is 15.0. The molecule has 0 saturated carbocycles. The number of aliphatic hydroxyl groups is 1. The highest BCUT2D eigenvalue weighted by Gasteiger charge is 2.14. The second-order valence-corrected chi connectivity index (χ2v) is 4.92. The smallest absolute Gasteiger partial charge is 0.253 e. The van der Waals surface area contributed by atoms with Crippen molar-refractivity contribution in [2.24, 2.45) is 0 Å². The van der Waals surface area contributed by atoms with Crippen LogP contribution < -0.4 is 5.32 Å². The summed E-state index contributed by atoms with van der Waals surface area (Å²) >= 11 is 0. The Labute approximate surface area is 121 Å². The van der Waals surface area contributed by atoms with Crippen molar-refractivity contribution in [1.29, 1.82) is 0 Å². The predicted molar refractivity (Wildman–Crippen MR) is 83.2 cm³/mol. The molecule has 0 aliphatic carbocycles. The minimum Gasteiger partial charge on any atom is -0.396 e. The number of nitrogens with zero attached hydrogens (tertiary/aromatic N) is 1. The van der Waals surface area contributed by atoms with E-state index in [0.717, 1.165) is 24.2 Å². The average molecular weight is 278 g/mol. The van der Waals surface area contributed by atoms with E-state index in [1.165, 1.54) is 0 Å². The van der Waals surface area contributed by atoms with Gasteiger partial charge >= 0.3 is 0 Å². The number of carbonyl (C=O) groups is 1. The second kappa shape index (κ2) is 8.59. The Morgan fingerprint density at radius 3 is 2.65 bits per heavy atom. The molecule has 0 unspecified atom stereocenters. The molecule has 112 valence electrons. The molecule has 1 aromatic rings. The fraction of sp³-hybridized carbons (Fsp3) is 0.562. The van der Waals surface area contributed by atoms with Crippen molar-refractivity contribution in [2.75, 3.05) is 31.6 Å². The number of hydrogen-bond acceptors (Lipinski definition) is 3. The Bertz CT molecular complexity index is 432. The van der Waals surface area contributed by atoms with E-state index in [2.05, 4.69) is 12.2 Å². The van der Waals surface area contributed by atoms with E-state index in [1.807, 2.05) is 32.0 Å². The van der Waals surface area contributed by atoms with Crippen molar-refractivity contribution < 1.29 is 9.90 Å². The Balaban J connectivity index is 2.79. The number of aryl methyl sites for hydroxylation is 1. The average Bonchev–Trinajstić information content (AvgIpc) is 2.46. The molecule has 0 aliphatic rings. The summed E-state index contributed by atoms with van der Waals surface area (Å²) in [7, 11) is 0. The van der Waals surface area contributed by atoms with Gasteiger partial charge in [0.05, 0.1) is 0 Å². The van der Waals surface area contributed by atoms with E-state index in [0.29, 0.717) is 25.1 Å². The van der Waals surface area contributed by atoms with Crippen molar-refractivity contribution in [2.45, 2.75) is 33.6 Å². The SMILES string of the molecule is CCCNc1ccc(C(=O)N(CC)CCCO)cc1C. The largest absolute Gasteiger partial charge is 0.396 e. The van der Waals surface area contributed by atoms with Crippen LogP contribution in [0.2, 0.25) is 0 Å². The highest BCUT2D eigenvalue weighted by Crippen LogP contribution is 2.18. The molecular weight excluding hydrogens is 252 g/mol. The van der Waals surface area contributed by atoms with Crippen LogP contribution in [0.25, 0.3) is 0 Å². The lowest BCUT2D eigenvalue weighted by Gasteiger charge is -2.21. The second-order valence-electron chi connectivity index (χ2n) is 4.92. The molecule has 0 spiro atoms. The minimum absolute atomic E-state index is 0.0334. The van der Waals surface area contributed by atoms with Crippen molar-refractivity contribution in [3.05, 3.63) is 29.3 Å². The first-order chi connectivity index (χ1) is 9.63. The van der Waals surface area contributed by atoms with Gasteiger partial charge in [0, 0.05) is 37.5 Å².